The van der Waals surface area contributed by atoms with Gasteiger partial charge in [0, 0.05) is 30.6 Å². The minimum Gasteiger partial charge on any atom is -0.353 e. The molecule has 1 heterocycles. The van der Waals surface area contributed by atoms with Gasteiger partial charge in [-0.1, -0.05) is 17.7 Å². The van der Waals surface area contributed by atoms with Crippen molar-refractivity contribution in [2.75, 3.05) is 19.0 Å². The molecule has 2 rings (SSSR count). The van der Waals surface area contributed by atoms with Crippen molar-refractivity contribution in [3.8, 4) is 0 Å². The first-order valence-corrected chi connectivity index (χ1v) is 8.60. The van der Waals surface area contributed by atoms with Crippen LogP contribution in [-0.4, -0.2) is 41.7 Å². The standard InChI is InChI=1S/C18H25ClN2O2/c1-13-4-6-14(7-5-13)16(22)21-10-8-15(9-11-21)20-17(23)18(2,3)12-19/h4-7,15H,8-12H2,1-3H3,(H,20,23). The number of piperidine rings is 1. The predicted octanol–water partition coefficient (Wildman–Crippen LogP) is 2.98. The number of carbonyl (C=O) groups is 2. The lowest BCUT2D eigenvalue weighted by atomic mass is 9.93. The van der Waals surface area contributed by atoms with E-state index in [1.165, 1.54) is 0 Å². The maximum absolute atomic E-state index is 12.5. The van der Waals surface area contributed by atoms with Crippen molar-refractivity contribution in [3.63, 3.8) is 0 Å². The van der Waals surface area contributed by atoms with E-state index in [1.807, 2.05) is 49.9 Å². The van der Waals surface area contributed by atoms with E-state index in [2.05, 4.69) is 5.32 Å². The lowest BCUT2D eigenvalue weighted by molar-refractivity contribution is -0.129. The molecule has 0 aliphatic carbocycles. The normalized spacial score (nSPS) is 16.3. The molecule has 1 N–H and O–H groups in total. The van der Waals surface area contributed by atoms with Gasteiger partial charge < -0.3 is 10.2 Å². The van der Waals surface area contributed by atoms with Gasteiger partial charge in [-0.2, -0.15) is 0 Å². The summed E-state index contributed by atoms with van der Waals surface area (Å²) in [5.74, 6) is 0.343. The second kappa shape index (κ2) is 7.35. The zero-order chi connectivity index (χ0) is 17.0. The third-order valence-corrected chi connectivity index (χ3v) is 5.03. The second-order valence-electron chi connectivity index (χ2n) is 6.92. The van der Waals surface area contributed by atoms with E-state index in [-0.39, 0.29) is 17.9 Å². The van der Waals surface area contributed by atoms with E-state index < -0.39 is 5.41 Å². The third kappa shape index (κ3) is 4.47. The molecule has 1 aromatic carbocycles. The number of alkyl halides is 1. The number of nitrogens with one attached hydrogen (secondary N) is 1. The average molecular weight is 337 g/mol. The number of likely N-dealkylation sites (tertiary alicyclic amines) is 1. The molecular weight excluding hydrogens is 312 g/mol. The van der Waals surface area contributed by atoms with Gasteiger partial charge in [0.2, 0.25) is 5.91 Å². The maximum Gasteiger partial charge on any atom is 0.253 e. The Morgan fingerprint density at radius 3 is 2.30 bits per heavy atom. The Morgan fingerprint density at radius 2 is 1.78 bits per heavy atom. The topological polar surface area (TPSA) is 49.4 Å². The Bertz CT molecular complexity index is 561. The fourth-order valence-corrected chi connectivity index (χ4v) is 2.67. The number of carbonyl (C=O) groups excluding carboxylic acids is 2. The summed E-state index contributed by atoms with van der Waals surface area (Å²) in [6, 6.07) is 7.76. The molecule has 23 heavy (non-hydrogen) atoms. The summed E-state index contributed by atoms with van der Waals surface area (Å²) in [6.07, 6.45) is 1.56. The molecule has 0 saturated carbocycles. The predicted molar refractivity (Wildman–Crippen MR) is 92.7 cm³/mol. The first-order chi connectivity index (χ1) is 10.8. The third-order valence-electron chi connectivity index (χ3n) is 4.36. The van der Waals surface area contributed by atoms with Crippen LogP contribution in [0.2, 0.25) is 0 Å². The van der Waals surface area contributed by atoms with Crippen molar-refractivity contribution in [1.82, 2.24) is 10.2 Å². The van der Waals surface area contributed by atoms with Gasteiger partial charge in [0.25, 0.3) is 5.91 Å². The van der Waals surface area contributed by atoms with Crippen molar-refractivity contribution in [2.24, 2.45) is 5.41 Å². The van der Waals surface area contributed by atoms with Gasteiger partial charge in [-0.25, -0.2) is 0 Å². The van der Waals surface area contributed by atoms with E-state index >= 15 is 0 Å². The van der Waals surface area contributed by atoms with Crippen LogP contribution in [0.5, 0.6) is 0 Å². The van der Waals surface area contributed by atoms with Gasteiger partial charge in [0.1, 0.15) is 0 Å². The van der Waals surface area contributed by atoms with Crippen molar-refractivity contribution in [2.45, 2.75) is 39.7 Å². The molecule has 0 unspecified atom stereocenters. The zero-order valence-corrected chi connectivity index (χ0v) is 14.8. The van der Waals surface area contributed by atoms with Gasteiger partial charge in [0.05, 0.1) is 5.41 Å². The lowest BCUT2D eigenvalue weighted by Gasteiger charge is -2.34. The summed E-state index contributed by atoms with van der Waals surface area (Å²) in [5, 5.41) is 3.06. The summed E-state index contributed by atoms with van der Waals surface area (Å²) in [4.78, 5) is 26.5. The first kappa shape index (κ1) is 17.8. The molecule has 1 aliphatic rings. The Kier molecular flexibility index (Phi) is 5.69. The van der Waals surface area contributed by atoms with E-state index in [0.717, 1.165) is 24.0 Å². The number of hydrogen-bond donors (Lipinski definition) is 1. The minimum absolute atomic E-state index is 0.0178. The van der Waals surface area contributed by atoms with Crippen LogP contribution in [0.3, 0.4) is 0 Å². The zero-order valence-electron chi connectivity index (χ0n) is 14.1. The molecular formula is C18H25ClN2O2. The summed E-state index contributed by atoms with van der Waals surface area (Å²) in [5.41, 5.74) is 1.31. The van der Waals surface area contributed by atoms with Crippen molar-refractivity contribution in [1.29, 1.82) is 0 Å². The lowest BCUT2D eigenvalue weighted by Crippen LogP contribution is -2.49. The molecule has 1 saturated heterocycles. The molecule has 1 aliphatic heterocycles. The number of hydrogen-bond acceptors (Lipinski definition) is 2. The average Bonchev–Trinajstić information content (AvgIpc) is 2.55. The van der Waals surface area contributed by atoms with Crippen molar-refractivity contribution < 1.29 is 9.59 Å². The van der Waals surface area contributed by atoms with Gasteiger partial charge in [-0.05, 0) is 45.7 Å². The van der Waals surface area contributed by atoms with Gasteiger partial charge in [-0.15, -0.1) is 11.6 Å². The van der Waals surface area contributed by atoms with Gasteiger partial charge >= 0.3 is 0 Å². The number of halogens is 1. The molecule has 0 radical (unpaired) electrons. The van der Waals surface area contributed by atoms with E-state index in [9.17, 15) is 9.59 Å². The van der Waals surface area contributed by atoms with E-state index in [4.69, 9.17) is 11.6 Å². The highest BCUT2D eigenvalue weighted by Gasteiger charge is 2.30. The van der Waals surface area contributed by atoms with Gasteiger partial charge in [-0.3, -0.25) is 9.59 Å². The molecule has 4 nitrogen and oxygen atoms in total. The monoisotopic (exact) mass is 336 g/mol. The summed E-state index contributed by atoms with van der Waals surface area (Å²) in [7, 11) is 0. The Balaban J connectivity index is 1.87. The summed E-state index contributed by atoms with van der Waals surface area (Å²) >= 11 is 5.84. The number of amides is 2. The molecule has 1 fully saturated rings. The Morgan fingerprint density at radius 1 is 1.22 bits per heavy atom. The maximum atomic E-state index is 12.5. The number of benzene rings is 1. The molecule has 5 heteroatoms. The first-order valence-electron chi connectivity index (χ1n) is 8.06. The van der Waals surface area contributed by atoms with Crippen LogP contribution < -0.4 is 5.32 Å². The van der Waals surface area contributed by atoms with Gasteiger partial charge in [0.15, 0.2) is 0 Å². The number of aryl methyl sites for hydroxylation is 1. The van der Waals surface area contributed by atoms with Crippen LogP contribution in [0.4, 0.5) is 0 Å². The SMILES string of the molecule is Cc1ccc(C(=O)N2CCC(NC(=O)C(C)(C)CCl)CC2)cc1. The van der Waals surface area contributed by atoms with Crippen LogP contribution in [0.15, 0.2) is 24.3 Å². The second-order valence-corrected chi connectivity index (χ2v) is 7.19. The molecule has 0 spiro atoms. The molecule has 2 amide bonds. The Labute approximate surface area is 143 Å². The number of nitrogens with zero attached hydrogens (tertiary/aromatic N) is 1. The van der Waals surface area contributed by atoms with Crippen LogP contribution >= 0.6 is 11.6 Å². The fourth-order valence-electron chi connectivity index (χ4n) is 2.55. The van der Waals surface area contributed by atoms with Crippen molar-refractivity contribution >= 4 is 23.4 Å². The van der Waals surface area contributed by atoms with Crippen LogP contribution in [0, 0.1) is 12.3 Å². The highest BCUT2D eigenvalue weighted by Crippen LogP contribution is 2.20. The summed E-state index contributed by atoms with van der Waals surface area (Å²) < 4.78 is 0. The smallest absolute Gasteiger partial charge is 0.253 e. The Hall–Kier alpha value is -1.55. The molecule has 0 bridgehead atoms. The van der Waals surface area contributed by atoms with Crippen LogP contribution in [0.25, 0.3) is 0 Å². The highest BCUT2D eigenvalue weighted by atomic mass is 35.5. The molecule has 0 aromatic heterocycles. The molecule has 0 atom stereocenters. The molecule has 1 aromatic rings. The van der Waals surface area contributed by atoms with E-state index in [1.54, 1.807) is 0 Å². The quantitative estimate of drug-likeness (QED) is 0.859. The largest absolute Gasteiger partial charge is 0.353 e. The summed E-state index contributed by atoms with van der Waals surface area (Å²) in [6.45, 7) is 7.01. The highest BCUT2D eigenvalue weighted by molar-refractivity contribution is 6.19. The minimum atomic E-state index is -0.559. The van der Waals surface area contributed by atoms with Crippen LogP contribution in [-0.2, 0) is 4.79 Å². The van der Waals surface area contributed by atoms with E-state index in [0.29, 0.717) is 19.0 Å². The fraction of sp³-hybridized carbons (Fsp3) is 0.556. The van der Waals surface area contributed by atoms with Crippen LogP contribution in [0.1, 0.15) is 42.6 Å². The molecule has 126 valence electrons. The van der Waals surface area contributed by atoms with Crippen molar-refractivity contribution in [3.05, 3.63) is 35.4 Å². The number of rotatable bonds is 4.